The van der Waals surface area contributed by atoms with Crippen LogP contribution in [0.25, 0.3) is 11.0 Å². The Kier molecular flexibility index (Phi) is 6.24. The second-order valence-corrected chi connectivity index (χ2v) is 6.98. The van der Waals surface area contributed by atoms with E-state index in [1.165, 1.54) is 17.0 Å². The van der Waals surface area contributed by atoms with Gasteiger partial charge in [0.05, 0.1) is 18.2 Å². The van der Waals surface area contributed by atoms with Crippen LogP contribution in [0.4, 0.5) is 18.0 Å². The number of rotatable bonds is 6. The predicted octanol–water partition coefficient (Wildman–Crippen LogP) is 5.75. The molecule has 2 aromatic carbocycles. The van der Waals surface area contributed by atoms with Gasteiger partial charge in [0.25, 0.3) is 0 Å². The first-order valence-corrected chi connectivity index (χ1v) is 9.52. The number of urea groups is 1. The Morgan fingerprint density at radius 2 is 1.90 bits per heavy atom. The smallest absolute Gasteiger partial charge is 0.416 e. The molecule has 0 fully saturated rings. The molecule has 160 valence electrons. The number of carbonyl (C=O) groups is 1. The number of furan rings is 1. The molecule has 0 saturated carbocycles. The Hall–Kier alpha value is -3.16. The van der Waals surface area contributed by atoms with Crippen molar-refractivity contribution in [2.75, 3.05) is 13.7 Å². The number of nitrogens with one attached hydrogen (secondary N) is 1. The molecule has 1 heterocycles. The van der Waals surface area contributed by atoms with Gasteiger partial charge in [-0.1, -0.05) is 24.3 Å². The first-order valence-electron chi connectivity index (χ1n) is 9.52. The van der Waals surface area contributed by atoms with Crippen LogP contribution in [-0.4, -0.2) is 24.6 Å². The van der Waals surface area contributed by atoms with Gasteiger partial charge in [0.15, 0.2) is 11.3 Å². The molecule has 1 atom stereocenters. The molecule has 5 nitrogen and oxygen atoms in total. The van der Waals surface area contributed by atoms with Crippen molar-refractivity contribution >= 4 is 17.0 Å². The van der Waals surface area contributed by atoms with Crippen LogP contribution in [0, 0.1) is 0 Å². The molecule has 0 aliphatic heterocycles. The van der Waals surface area contributed by atoms with Gasteiger partial charge in [-0.15, -0.1) is 0 Å². The molecule has 0 spiro atoms. The Morgan fingerprint density at radius 3 is 2.53 bits per heavy atom. The largest absolute Gasteiger partial charge is 0.490 e. The summed E-state index contributed by atoms with van der Waals surface area (Å²) < 4.78 is 49.5. The van der Waals surface area contributed by atoms with Crippen molar-refractivity contribution < 1.29 is 27.1 Å². The molecule has 3 aromatic rings. The van der Waals surface area contributed by atoms with E-state index in [-0.39, 0.29) is 12.6 Å². The monoisotopic (exact) mass is 420 g/mol. The van der Waals surface area contributed by atoms with Crippen LogP contribution in [0.2, 0.25) is 0 Å². The van der Waals surface area contributed by atoms with Gasteiger partial charge < -0.3 is 19.4 Å². The standard InChI is InChI=1S/C22H23F3N2O3/c1-4-29-18-7-5-6-16-12-19(30-20(16)18)14(2)26-21(28)27(3)13-15-8-10-17(11-9-15)22(23,24)25/h5-12,14H,4,13H2,1-3H3,(H,26,28). The highest BCUT2D eigenvalue weighted by Gasteiger charge is 2.30. The molecule has 8 heteroatoms. The molecular weight excluding hydrogens is 397 g/mol. The Bertz CT molecular complexity index is 1010. The van der Waals surface area contributed by atoms with E-state index in [0.717, 1.165) is 17.5 Å². The van der Waals surface area contributed by atoms with Gasteiger partial charge in [0.2, 0.25) is 0 Å². The highest BCUT2D eigenvalue weighted by molar-refractivity contribution is 5.84. The van der Waals surface area contributed by atoms with E-state index in [0.29, 0.717) is 29.3 Å². The number of fused-ring (bicyclic) bond motifs is 1. The van der Waals surface area contributed by atoms with Gasteiger partial charge in [-0.05, 0) is 43.7 Å². The lowest BCUT2D eigenvalue weighted by atomic mass is 10.1. The van der Waals surface area contributed by atoms with E-state index < -0.39 is 17.8 Å². The average molecular weight is 420 g/mol. The Morgan fingerprint density at radius 1 is 1.20 bits per heavy atom. The van der Waals surface area contributed by atoms with Crippen molar-refractivity contribution in [1.29, 1.82) is 0 Å². The minimum absolute atomic E-state index is 0.172. The average Bonchev–Trinajstić information content (AvgIpc) is 3.13. The zero-order valence-corrected chi connectivity index (χ0v) is 16.9. The van der Waals surface area contributed by atoms with Gasteiger partial charge in [-0.2, -0.15) is 13.2 Å². The highest BCUT2D eigenvalue weighted by atomic mass is 19.4. The lowest BCUT2D eigenvalue weighted by molar-refractivity contribution is -0.137. The lowest BCUT2D eigenvalue weighted by Crippen LogP contribution is -2.38. The summed E-state index contributed by atoms with van der Waals surface area (Å²) in [7, 11) is 1.57. The third kappa shape index (κ3) is 4.87. The minimum Gasteiger partial charge on any atom is -0.490 e. The SMILES string of the molecule is CCOc1cccc2cc(C(C)NC(=O)N(C)Cc3ccc(C(F)(F)F)cc3)oc12. The fourth-order valence-electron chi connectivity index (χ4n) is 3.05. The maximum atomic E-state index is 12.7. The molecule has 1 unspecified atom stereocenters. The van der Waals surface area contributed by atoms with Crippen molar-refractivity contribution in [2.45, 2.75) is 32.6 Å². The summed E-state index contributed by atoms with van der Waals surface area (Å²) in [6, 6.07) is 11.4. The fraction of sp³-hybridized carbons (Fsp3) is 0.318. The van der Waals surface area contributed by atoms with E-state index in [4.69, 9.17) is 9.15 Å². The van der Waals surface area contributed by atoms with E-state index in [9.17, 15) is 18.0 Å². The van der Waals surface area contributed by atoms with Crippen molar-refractivity contribution in [3.63, 3.8) is 0 Å². The van der Waals surface area contributed by atoms with E-state index in [1.807, 2.05) is 31.2 Å². The summed E-state index contributed by atoms with van der Waals surface area (Å²) in [5, 5.41) is 3.71. The third-order valence-electron chi connectivity index (χ3n) is 4.64. The van der Waals surface area contributed by atoms with Crippen molar-refractivity contribution in [3.8, 4) is 5.75 Å². The number of carbonyl (C=O) groups excluding carboxylic acids is 1. The van der Waals surface area contributed by atoms with Gasteiger partial charge in [0.1, 0.15) is 5.76 Å². The molecule has 0 aliphatic carbocycles. The molecule has 1 N–H and O–H groups in total. The molecule has 30 heavy (non-hydrogen) atoms. The zero-order valence-electron chi connectivity index (χ0n) is 16.9. The van der Waals surface area contributed by atoms with Crippen LogP contribution < -0.4 is 10.1 Å². The van der Waals surface area contributed by atoms with Crippen LogP contribution in [0.5, 0.6) is 5.75 Å². The summed E-state index contributed by atoms with van der Waals surface area (Å²) in [5.74, 6) is 1.22. The van der Waals surface area contributed by atoms with Crippen molar-refractivity contribution in [3.05, 3.63) is 65.4 Å². The number of hydrogen-bond acceptors (Lipinski definition) is 3. The van der Waals surface area contributed by atoms with Crippen LogP contribution in [0.15, 0.2) is 52.9 Å². The van der Waals surface area contributed by atoms with E-state index >= 15 is 0 Å². The summed E-state index contributed by atoms with van der Waals surface area (Å²) >= 11 is 0. The topological polar surface area (TPSA) is 54.7 Å². The maximum absolute atomic E-state index is 12.7. The van der Waals surface area contributed by atoms with Crippen LogP contribution in [-0.2, 0) is 12.7 Å². The van der Waals surface area contributed by atoms with Crippen LogP contribution in [0.1, 0.15) is 36.8 Å². The number of hydrogen-bond donors (Lipinski definition) is 1. The second kappa shape index (κ2) is 8.69. The first-order chi connectivity index (χ1) is 14.2. The molecule has 0 radical (unpaired) electrons. The van der Waals surface area contributed by atoms with Crippen LogP contribution >= 0.6 is 0 Å². The molecule has 0 bridgehead atoms. The number of nitrogens with zero attached hydrogens (tertiary/aromatic N) is 1. The first kappa shape index (κ1) is 21.5. The Labute approximate surface area is 172 Å². The number of alkyl halides is 3. The van der Waals surface area contributed by atoms with Gasteiger partial charge in [-0.3, -0.25) is 0 Å². The minimum atomic E-state index is -4.38. The predicted molar refractivity (Wildman–Crippen MR) is 107 cm³/mol. The number of para-hydroxylation sites is 1. The van der Waals surface area contributed by atoms with E-state index in [1.54, 1.807) is 14.0 Å². The molecular formula is C22H23F3N2O3. The summed E-state index contributed by atoms with van der Waals surface area (Å²) in [5.41, 5.74) is 0.496. The van der Waals surface area contributed by atoms with E-state index in [2.05, 4.69) is 5.32 Å². The van der Waals surface area contributed by atoms with Crippen molar-refractivity contribution in [2.24, 2.45) is 0 Å². The number of benzene rings is 2. The van der Waals surface area contributed by atoms with Gasteiger partial charge >= 0.3 is 12.2 Å². The number of amides is 2. The third-order valence-corrected chi connectivity index (χ3v) is 4.64. The van der Waals surface area contributed by atoms with Crippen LogP contribution in [0.3, 0.4) is 0 Å². The summed E-state index contributed by atoms with van der Waals surface area (Å²) in [4.78, 5) is 13.9. The lowest BCUT2D eigenvalue weighted by Gasteiger charge is -2.21. The summed E-state index contributed by atoms with van der Waals surface area (Å²) in [6.45, 7) is 4.36. The highest BCUT2D eigenvalue weighted by Crippen LogP contribution is 2.31. The van der Waals surface area contributed by atoms with Gasteiger partial charge in [-0.25, -0.2) is 4.79 Å². The fourth-order valence-corrected chi connectivity index (χ4v) is 3.05. The molecule has 2 amide bonds. The van der Waals surface area contributed by atoms with Crippen molar-refractivity contribution in [1.82, 2.24) is 10.2 Å². The quantitative estimate of drug-likeness (QED) is 0.552. The number of halogens is 3. The Balaban J connectivity index is 1.65. The summed E-state index contributed by atoms with van der Waals surface area (Å²) in [6.07, 6.45) is -4.38. The molecule has 0 saturated heterocycles. The number of ether oxygens (including phenoxy) is 1. The molecule has 3 rings (SSSR count). The normalized spacial score (nSPS) is 12.6. The second-order valence-electron chi connectivity index (χ2n) is 6.98. The zero-order chi connectivity index (χ0) is 21.9. The molecule has 1 aromatic heterocycles. The maximum Gasteiger partial charge on any atom is 0.416 e. The molecule has 0 aliphatic rings. The van der Waals surface area contributed by atoms with Gasteiger partial charge in [0, 0.05) is 19.0 Å².